The molecule has 0 aliphatic rings. The highest BCUT2D eigenvalue weighted by Crippen LogP contribution is 2.20. The van der Waals surface area contributed by atoms with Crippen molar-refractivity contribution in [3.05, 3.63) is 44.4 Å². The first kappa shape index (κ1) is 14.8. The molecule has 5 nitrogen and oxygen atoms in total. The molecule has 0 unspecified atom stereocenters. The zero-order valence-corrected chi connectivity index (χ0v) is 12.7. The van der Waals surface area contributed by atoms with Gasteiger partial charge in [0.1, 0.15) is 4.88 Å². The standard InChI is InChI=1S/C12H10Cl2N4OS/c1-6-10(20-12(15)17-6)11(19)18-16-5-7-2-3-8(13)4-9(7)14/h2-5H,1H3,(H2,15,17)(H,18,19)/b16-5-. The Morgan fingerprint density at radius 2 is 2.25 bits per heavy atom. The van der Waals surface area contributed by atoms with Crippen molar-refractivity contribution < 1.29 is 4.79 Å². The summed E-state index contributed by atoms with van der Waals surface area (Å²) in [5, 5.41) is 5.18. The Morgan fingerprint density at radius 3 is 2.85 bits per heavy atom. The van der Waals surface area contributed by atoms with Crippen molar-refractivity contribution in [3.8, 4) is 0 Å². The maximum Gasteiger partial charge on any atom is 0.283 e. The number of benzene rings is 1. The van der Waals surface area contributed by atoms with Gasteiger partial charge in [0.2, 0.25) is 0 Å². The van der Waals surface area contributed by atoms with Crippen LogP contribution in [0.2, 0.25) is 10.0 Å². The third-order valence-electron chi connectivity index (χ3n) is 2.35. The second-order valence-electron chi connectivity index (χ2n) is 3.83. The number of hydrazone groups is 1. The molecule has 0 atom stereocenters. The first-order valence-corrected chi connectivity index (χ1v) is 7.06. The van der Waals surface area contributed by atoms with E-state index in [2.05, 4.69) is 15.5 Å². The number of thiazole rings is 1. The average Bonchev–Trinajstić information content (AvgIpc) is 2.71. The summed E-state index contributed by atoms with van der Waals surface area (Å²) < 4.78 is 0. The van der Waals surface area contributed by atoms with Crippen LogP contribution in [0.5, 0.6) is 0 Å². The van der Waals surface area contributed by atoms with Gasteiger partial charge in [-0.1, -0.05) is 40.6 Å². The fraction of sp³-hybridized carbons (Fsp3) is 0.0833. The van der Waals surface area contributed by atoms with Gasteiger partial charge in [0.25, 0.3) is 5.91 Å². The van der Waals surface area contributed by atoms with Crippen molar-refractivity contribution in [2.75, 3.05) is 5.73 Å². The number of rotatable bonds is 3. The van der Waals surface area contributed by atoms with Crippen LogP contribution >= 0.6 is 34.5 Å². The van der Waals surface area contributed by atoms with Crippen LogP contribution in [0.3, 0.4) is 0 Å². The van der Waals surface area contributed by atoms with Gasteiger partial charge in [0.05, 0.1) is 16.9 Å². The summed E-state index contributed by atoms with van der Waals surface area (Å²) in [6.45, 7) is 1.71. The van der Waals surface area contributed by atoms with E-state index in [1.807, 2.05) is 0 Å². The molecule has 1 aromatic carbocycles. The van der Waals surface area contributed by atoms with E-state index in [0.29, 0.717) is 31.3 Å². The summed E-state index contributed by atoms with van der Waals surface area (Å²) in [5.41, 5.74) is 9.15. The third kappa shape index (κ3) is 3.47. The van der Waals surface area contributed by atoms with Gasteiger partial charge >= 0.3 is 0 Å². The summed E-state index contributed by atoms with van der Waals surface area (Å²) in [5.74, 6) is -0.363. The van der Waals surface area contributed by atoms with Crippen LogP contribution < -0.4 is 11.2 Å². The number of carbonyl (C=O) groups excluding carboxylic acids is 1. The van der Waals surface area contributed by atoms with Crippen LogP contribution in [-0.2, 0) is 0 Å². The van der Waals surface area contributed by atoms with Crippen LogP contribution in [0, 0.1) is 6.92 Å². The fourth-order valence-corrected chi connectivity index (χ4v) is 2.63. The first-order valence-electron chi connectivity index (χ1n) is 5.48. The SMILES string of the molecule is Cc1nc(N)sc1C(=O)N/N=C\c1ccc(Cl)cc1Cl. The van der Waals surface area contributed by atoms with Gasteiger partial charge in [0, 0.05) is 10.6 Å². The minimum atomic E-state index is -0.363. The average molecular weight is 329 g/mol. The maximum atomic E-state index is 11.8. The minimum absolute atomic E-state index is 0.345. The molecule has 0 fully saturated rings. The van der Waals surface area contributed by atoms with E-state index in [9.17, 15) is 4.79 Å². The Hall–Kier alpha value is -1.63. The number of aromatic nitrogens is 1. The summed E-state index contributed by atoms with van der Waals surface area (Å²) in [7, 11) is 0. The molecule has 0 spiro atoms. The molecule has 1 aromatic heterocycles. The second-order valence-corrected chi connectivity index (χ2v) is 5.71. The lowest BCUT2D eigenvalue weighted by molar-refractivity contribution is 0.0958. The Morgan fingerprint density at radius 1 is 1.50 bits per heavy atom. The number of carbonyl (C=O) groups is 1. The monoisotopic (exact) mass is 328 g/mol. The Balaban J connectivity index is 2.06. The lowest BCUT2D eigenvalue weighted by atomic mass is 10.2. The van der Waals surface area contributed by atoms with Crippen LogP contribution in [0.15, 0.2) is 23.3 Å². The lowest BCUT2D eigenvalue weighted by Crippen LogP contribution is -2.17. The van der Waals surface area contributed by atoms with Gasteiger partial charge < -0.3 is 5.73 Å². The molecule has 0 saturated heterocycles. The fourth-order valence-electron chi connectivity index (χ4n) is 1.45. The smallest absolute Gasteiger partial charge is 0.283 e. The summed E-state index contributed by atoms with van der Waals surface area (Å²) in [6.07, 6.45) is 1.44. The van der Waals surface area contributed by atoms with E-state index in [0.717, 1.165) is 11.3 Å². The number of amides is 1. The number of halogens is 2. The number of nitrogens with two attached hydrogens (primary N) is 1. The van der Waals surface area contributed by atoms with Gasteiger partial charge in [-0.15, -0.1) is 0 Å². The molecule has 2 aromatic rings. The number of anilines is 1. The normalized spacial score (nSPS) is 10.9. The zero-order chi connectivity index (χ0) is 14.7. The van der Waals surface area contributed by atoms with Gasteiger partial charge in [-0.3, -0.25) is 4.79 Å². The largest absolute Gasteiger partial charge is 0.375 e. The van der Waals surface area contributed by atoms with Crippen molar-refractivity contribution in [2.45, 2.75) is 6.92 Å². The highest BCUT2D eigenvalue weighted by Gasteiger charge is 2.13. The molecular weight excluding hydrogens is 319 g/mol. The molecule has 20 heavy (non-hydrogen) atoms. The molecule has 3 N–H and O–H groups in total. The van der Waals surface area contributed by atoms with Gasteiger partial charge in [-0.05, 0) is 19.1 Å². The number of aryl methyl sites for hydroxylation is 1. The van der Waals surface area contributed by atoms with E-state index in [1.165, 1.54) is 6.21 Å². The van der Waals surface area contributed by atoms with Crippen LogP contribution in [0.25, 0.3) is 0 Å². The summed E-state index contributed by atoms with van der Waals surface area (Å²) in [6, 6.07) is 4.99. The third-order valence-corrected chi connectivity index (χ3v) is 3.90. The predicted molar refractivity (Wildman–Crippen MR) is 82.8 cm³/mol. The molecule has 104 valence electrons. The van der Waals surface area contributed by atoms with E-state index in [4.69, 9.17) is 28.9 Å². The second kappa shape index (κ2) is 6.21. The Kier molecular flexibility index (Phi) is 4.59. The van der Waals surface area contributed by atoms with E-state index >= 15 is 0 Å². The topological polar surface area (TPSA) is 80.4 Å². The quantitative estimate of drug-likeness (QED) is 0.671. The predicted octanol–water partition coefficient (Wildman–Crippen LogP) is 3.10. The van der Waals surface area contributed by atoms with Crippen LogP contribution in [-0.4, -0.2) is 17.1 Å². The molecule has 1 amide bonds. The number of nitrogens with zero attached hydrogens (tertiary/aromatic N) is 2. The molecule has 0 bridgehead atoms. The number of nitrogens with one attached hydrogen (secondary N) is 1. The highest BCUT2D eigenvalue weighted by molar-refractivity contribution is 7.17. The number of hydrogen-bond acceptors (Lipinski definition) is 5. The van der Waals surface area contributed by atoms with Crippen molar-refractivity contribution >= 4 is 51.8 Å². The van der Waals surface area contributed by atoms with Crippen molar-refractivity contribution in [3.63, 3.8) is 0 Å². The van der Waals surface area contributed by atoms with E-state index in [1.54, 1.807) is 25.1 Å². The van der Waals surface area contributed by atoms with Gasteiger partial charge in [0.15, 0.2) is 5.13 Å². The highest BCUT2D eigenvalue weighted by atomic mass is 35.5. The molecule has 2 rings (SSSR count). The Bertz CT molecular complexity index is 684. The maximum absolute atomic E-state index is 11.8. The molecule has 0 saturated carbocycles. The molecule has 0 aliphatic heterocycles. The number of hydrogen-bond donors (Lipinski definition) is 2. The first-order chi connectivity index (χ1) is 9.47. The molecular formula is C12H10Cl2N4OS. The van der Waals surface area contributed by atoms with Crippen molar-refractivity contribution in [1.29, 1.82) is 0 Å². The van der Waals surface area contributed by atoms with Gasteiger partial charge in [-0.2, -0.15) is 5.10 Å². The van der Waals surface area contributed by atoms with Crippen molar-refractivity contribution in [1.82, 2.24) is 10.4 Å². The van der Waals surface area contributed by atoms with Crippen LogP contribution in [0.1, 0.15) is 20.9 Å². The summed E-state index contributed by atoms with van der Waals surface area (Å²) in [4.78, 5) is 16.2. The molecule has 8 heteroatoms. The lowest BCUT2D eigenvalue weighted by Gasteiger charge is -1.99. The zero-order valence-electron chi connectivity index (χ0n) is 10.4. The number of nitrogen functional groups attached to an aromatic ring is 1. The Labute approximate surface area is 129 Å². The van der Waals surface area contributed by atoms with Crippen molar-refractivity contribution in [2.24, 2.45) is 5.10 Å². The molecule has 0 radical (unpaired) electrons. The van der Waals surface area contributed by atoms with E-state index < -0.39 is 0 Å². The minimum Gasteiger partial charge on any atom is -0.375 e. The molecule has 1 heterocycles. The summed E-state index contributed by atoms with van der Waals surface area (Å²) >= 11 is 12.9. The molecule has 0 aliphatic carbocycles. The van der Waals surface area contributed by atoms with Gasteiger partial charge in [-0.25, -0.2) is 10.4 Å². The van der Waals surface area contributed by atoms with Crippen LogP contribution in [0.4, 0.5) is 5.13 Å². The van der Waals surface area contributed by atoms with E-state index in [-0.39, 0.29) is 5.91 Å².